The van der Waals surface area contributed by atoms with Crippen molar-refractivity contribution in [2.24, 2.45) is 0 Å². The Bertz CT molecular complexity index is 1250. The number of ether oxygens (including phenoxy) is 3. The number of carbonyl (C=O) groups excluding carboxylic acids is 2. The van der Waals surface area contributed by atoms with Gasteiger partial charge >= 0.3 is 5.97 Å². The van der Waals surface area contributed by atoms with E-state index in [4.69, 9.17) is 18.7 Å². The molecule has 0 aliphatic heterocycles. The van der Waals surface area contributed by atoms with Crippen molar-refractivity contribution in [3.63, 3.8) is 0 Å². The van der Waals surface area contributed by atoms with E-state index in [1.54, 1.807) is 36.4 Å². The molecule has 3 aromatic carbocycles. The van der Waals surface area contributed by atoms with E-state index in [9.17, 15) is 9.59 Å². The van der Waals surface area contributed by atoms with Crippen molar-refractivity contribution < 1.29 is 28.3 Å². The van der Waals surface area contributed by atoms with Crippen molar-refractivity contribution in [1.82, 2.24) is 5.16 Å². The van der Waals surface area contributed by atoms with E-state index < -0.39 is 12.6 Å². The molecular formula is C24H19NO6. The van der Waals surface area contributed by atoms with Gasteiger partial charge in [0, 0.05) is 11.1 Å². The number of nitrogens with zero attached hydrogens (tertiary/aromatic N) is 1. The molecule has 0 bridgehead atoms. The van der Waals surface area contributed by atoms with Crippen LogP contribution in [-0.4, -0.2) is 37.7 Å². The van der Waals surface area contributed by atoms with E-state index in [1.807, 2.05) is 30.3 Å². The molecule has 0 fully saturated rings. The lowest BCUT2D eigenvalue weighted by molar-refractivity contribution is 0.0475. The normalized spacial score (nSPS) is 10.6. The first-order chi connectivity index (χ1) is 15.1. The van der Waals surface area contributed by atoms with E-state index in [2.05, 4.69) is 5.16 Å². The number of fused-ring (bicyclic) bond motifs is 1. The quantitative estimate of drug-likeness (QED) is 0.322. The van der Waals surface area contributed by atoms with Crippen LogP contribution in [0.5, 0.6) is 11.5 Å². The third-order valence-electron chi connectivity index (χ3n) is 4.79. The number of methoxy groups -OCH3 is 2. The minimum atomic E-state index is -0.615. The van der Waals surface area contributed by atoms with Gasteiger partial charge in [0.15, 0.2) is 29.6 Å². The number of benzene rings is 3. The molecule has 0 saturated carbocycles. The van der Waals surface area contributed by atoms with E-state index >= 15 is 0 Å². The Morgan fingerprint density at radius 3 is 2.35 bits per heavy atom. The van der Waals surface area contributed by atoms with Crippen LogP contribution in [0.4, 0.5) is 0 Å². The van der Waals surface area contributed by atoms with E-state index in [0.29, 0.717) is 39.3 Å². The summed E-state index contributed by atoms with van der Waals surface area (Å²) in [4.78, 5) is 25.0. The second-order valence-electron chi connectivity index (χ2n) is 6.68. The molecule has 1 aromatic heterocycles. The molecule has 156 valence electrons. The standard InChI is InChI=1S/C24H19NO6/c1-28-21-11-9-16(13-22(21)29-2)20(26)14-30-24(27)17-8-10-19-18(12-17)23(31-25-19)15-6-4-3-5-7-15/h3-13H,14H2,1-2H3. The maximum Gasteiger partial charge on any atom is 0.338 e. The molecule has 0 aliphatic carbocycles. The molecule has 0 aliphatic rings. The van der Waals surface area contributed by atoms with Crippen molar-refractivity contribution in [3.05, 3.63) is 77.9 Å². The van der Waals surface area contributed by atoms with Crippen molar-refractivity contribution in [2.45, 2.75) is 0 Å². The first-order valence-corrected chi connectivity index (χ1v) is 9.48. The van der Waals surface area contributed by atoms with Crippen molar-refractivity contribution in [1.29, 1.82) is 0 Å². The lowest BCUT2D eigenvalue weighted by Gasteiger charge is -2.09. The van der Waals surface area contributed by atoms with Crippen molar-refractivity contribution in [3.8, 4) is 22.8 Å². The van der Waals surface area contributed by atoms with Gasteiger partial charge in [-0.1, -0.05) is 35.5 Å². The Morgan fingerprint density at radius 2 is 1.61 bits per heavy atom. The highest BCUT2D eigenvalue weighted by Gasteiger charge is 2.17. The zero-order valence-electron chi connectivity index (χ0n) is 17.0. The lowest BCUT2D eigenvalue weighted by Crippen LogP contribution is -2.14. The molecule has 0 amide bonds. The number of Topliss-reactive ketones (excluding diaryl/α,β-unsaturated/α-hetero) is 1. The predicted octanol–water partition coefficient (Wildman–Crippen LogP) is 4.55. The number of aromatic nitrogens is 1. The average molecular weight is 417 g/mol. The molecule has 4 aromatic rings. The Labute approximate surface area is 178 Å². The van der Waals surface area contributed by atoms with Gasteiger partial charge < -0.3 is 18.7 Å². The summed E-state index contributed by atoms with van der Waals surface area (Å²) in [6, 6.07) is 19.1. The summed E-state index contributed by atoms with van der Waals surface area (Å²) < 4.78 is 21.1. The highest BCUT2D eigenvalue weighted by atomic mass is 16.5. The Balaban J connectivity index is 1.50. The molecule has 4 rings (SSSR count). The third-order valence-corrected chi connectivity index (χ3v) is 4.79. The highest BCUT2D eigenvalue weighted by Crippen LogP contribution is 2.30. The van der Waals surface area contributed by atoms with Crippen LogP contribution in [0.1, 0.15) is 20.7 Å². The molecule has 7 nitrogen and oxygen atoms in total. The zero-order chi connectivity index (χ0) is 21.8. The van der Waals surface area contributed by atoms with Crippen LogP contribution in [0, 0.1) is 0 Å². The van der Waals surface area contributed by atoms with Gasteiger partial charge in [0.2, 0.25) is 0 Å². The number of esters is 1. The SMILES string of the molecule is COc1ccc(C(=O)COC(=O)c2ccc3noc(-c4ccccc4)c3c2)cc1OC. The molecule has 1 heterocycles. The van der Waals surface area contributed by atoms with E-state index in [0.717, 1.165) is 5.56 Å². The van der Waals surface area contributed by atoms with Gasteiger partial charge in [0.25, 0.3) is 0 Å². The molecule has 0 N–H and O–H groups in total. The molecule has 0 unspecified atom stereocenters. The summed E-state index contributed by atoms with van der Waals surface area (Å²) in [7, 11) is 2.99. The minimum absolute atomic E-state index is 0.299. The molecule has 0 atom stereocenters. The number of rotatable bonds is 7. The number of hydrogen-bond acceptors (Lipinski definition) is 7. The summed E-state index contributed by atoms with van der Waals surface area (Å²) in [6.07, 6.45) is 0. The number of hydrogen-bond donors (Lipinski definition) is 0. The topological polar surface area (TPSA) is 87.9 Å². The van der Waals surface area contributed by atoms with Crippen LogP contribution in [0.3, 0.4) is 0 Å². The third kappa shape index (κ3) is 4.11. The van der Waals surface area contributed by atoms with Gasteiger partial charge in [-0.05, 0) is 36.4 Å². The molecule has 0 spiro atoms. The Kier molecular flexibility index (Phi) is 5.66. The Hall–Kier alpha value is -4.13. The summed E-state index contributed by atoms with van der Waals surface area (Å²) >= 11 is 0. The van der Waals surface area contributed by atoms with Gasteiger partial charge in [-0.2, -0.15) is 0 Å². The second-order valence-corrected chi connectivity index (χ2v) is 6.68. The summed E-state index contributed by atoms with van der Waals surface area (Å²) in [5.41, 5.74) is 2.12. The largest absolute Gasteiger partial charge is 0.493 e. The molecule has 0 saturated heterocycles. The molecule has 31 heavy (non-hydrogen) atoms. The zero-order valence-corrected chi connectivity index (χ0v) is 17.0. The smallest absolute Gasteiger partial charge is 0.338 e. The molecule has 7 heteroatoms. The fourth-order valence-electron chi connectivity index (χ4n) is 3.17. The number of ketones is 1. The predicted molar refractivity (Wildman–Crippen MR) is 114 cm³/mol. The van der Waals surface area contributed by atoms with Gasteiger partial charge in [-0.25, -0.2) is 4.79 Å². The minimum Gasteiger partial charge on any atom is -0.493 e. The van der Waals surface area contributed by atoms with Crippen LogP contribution in [0.2, 0.25) is 0 Å². The van der Waals surface area contributed by atoms with E-state index in [1.165, 1.54) is 14.2 Å². The number of carbonyl (C=O) groups is 2. The highest BCUT2D eigenvalue weighted by molar-refractivity contribution is 6.01. The first-order valence-electron chi connectivity index (χ1n) is 9.48. The van der Waals surface area contributed by atoms with Crippen molar-refractivity contribution in [2.75, 3.05) is 20.8 Å². The summed E-state index contributed by atoms with van der Waals surface area (Å²) in [6.45, 7) is -0.401. The fraction of sp³-hybridized carbons (Fsp3) is 0.125. The Morgan fingerprint density at radius 1 is 0.871 bits per heavy atom. The maximum absolute atomic E-state index is 12.5. The van der Waals surface area contributed by atoms with Crippen LogP contribution < -0.4 is 9.47 Å². The van der Waals surface area contributed by atoms with Gasteiger partial charge in [0.1, 0.15) is 5.52 Å². The van der Waals surface area contributed by atoms with Gasteiger partial charge in [-0.3, -0.25) is 4.79 Å². The molecular weight excluding hydrogens is 398 g/mol. The fourth-order valence-corrected chi connectivity index (χ4v) is 3.17. The molecule has 0 radical (unpaired) electrons. The summed E-state index contributed by atoms with van der Waals surface area (Å²) in [5.74, 6) is 0.520. The van der Waals surface area contributed by atoms with Gasteiger partial charge in [-0.15, -0.1) is 0 Å². The monoisotopic (exact) mass is 417 g/mol. The summed E-state index contributed by atoms with van der Waals surface area (Å²) in [5, 5.41) is 4.72. The van der Waals surface area contributed by atoms with E-state index in [-0.39, 0.29) is 5.78 Å². The average Bonchev–Trinajstić information content (AvgIpc) is 3.25. The van der Waals surface area contributed by atoms with Gasteiger partial charge in [0.05, 0.1) is 25.2 Å². The van der Waals surface area contributed by atoms with Crippen LogP contribution in [-0.2, 0) is 4.74 Å². The van der Waals surface area contributed by atoms with Crippen LogP contribution in [0.25, 0.3) is 22.2 Å². The maximum atomic E-state index is 12.5. The lowest BCUT2D eigenvalue weighted by atomic mass is 10.1. The van der Waals surface area contributed by atoms with Crippen molar-refractivity contribution >= 4 is 22.7 Å². The van der Waals surface area contributed by atoms with Crippen LogP contribution in [0.15, 0.2) is 71.3 Å². The van der Waals surface area contributed by atoms with Crippen LogP contribution >= 0.6 is 0 Å². The first kappa shape index (κ1) is 20.2. The second kappa shape index (κ2) is 8.71.